The fourth-order valence-corrected chi connectivity index (χ4v) is 8.48. The van der Waals surface area contributed by atoms with Crippen molar-refractivity contribution in [3.63, 3.8) is 0 Å². The first-order valence-electron chi connectivity index (χ1n) is 18.9. The van der Waals surface area contributed by atoms with Gasteiger partial charge in [-0.1, -0.05) is 51.8 Å². The van der Waals surface area contributed by atoms with Crippen LogP contribution in [0.15, 0.2) is 42.5 Å². The second-order valence-corrected chi connectivity index (χ2v) is 14.5. The van der Waals surface area contributed by atoms with Gasteiger partial charge in [-0.05, 0) is 117 Å². The minimum absolute atomic E-state index is 0.155. The van der Waals surface area contributed by atoms with E-state index in [2.05, 4.69) is 38.3 Å². The normalized spacial score (nSPS) is 25.7. The molecule has 0 saturated heterocycles. The summed E-state index contributed by atoms with van der Waals surface area (Å²) in [6.07, 6.45) is 17.8. The Labute approximate surface area is 295 Å². The van der Waals surface area contributed by atoms with Crippen LogP contribution < -0.4 is 4.74 Å². The van der Waals surface area contributed by atoms with Gasteiger partial charge >= 0.3 is 11.9 Å². The first-order valence-corrected chi connectivity index (χ1v) is 18.9. The van der Waals surface area contributed by atoms with Crippen LogP contribution in [0.25, 0.3) is 0 Å². The van der Waals surface area contributed by atoms with Crippen molar-refractivity contribution in [1.29, 1.82) is 0 Å². The van der Waals surface area contributed by atoms with Gasteiger partial charge in [0.05, 0.1) is 37.1 Å². The molecule has 3 aliphatic rings. The van der Waals surface area contributed by atoms with Crippen molar-refractivity contribution < 1.29 is 38.0 Å². The summed E-state index contributed by atoms with van der Waals surface area (Å²) in [6, 6.07) is 6.64. The minimum Gasteiger partial charge on any atom is -0.490 e. The molecule has 4 rings (SSSR count). The molecule has 3 saturated carbocycles. The van der Waals surface area contributed by atoms with E-state index < -0.39 is 11.9 Å². The lowest BCUT2D eigenvalue weighted by Crippen LogP contribution is -2.26. The maximum atomic E-state index is 12.1. The van der Waals surface area contributed by atoms with Gasteiger partial charge in [-0.15, -0.1) is 0 Å². The number of carbonyl (C=O) groups excluding carboxylic acids is 2. The summed E-state index contributed by atoms with van der Waals surface area (Å²) in [6.45, 7) is 11.1. The third-order valence-corrected chi connectivity index (χ3v) is 11.1. The summed E-state index contributed by atoms with van der Waals surface area (Å²) < 4.78 is 32.7. The quantitative estimate of drug-likeness (QED) is 0.0816. The predicted molar refractivity (Wildman–Crippen MR) is 192 cm³/mol. The maximum Gasteiger partial charge on any atom is 0.335 e. The molecule has 1 aromatic rings. The highest BCUT2D eigenvalue weighted by atomic mass is 16.6. The number of methoxy groups -OCH3 is 2. The van der Waals surface area contributed by atoms with Crippen LogP contribution in [-0.4, -0.2) is 71.9 Å². The number of hydrogen-bond donors (Lipinski definition) is 0. The van der Waals surface area contributed by atoms with Gasteiger partial charge in [0.25, 0.3) is 0 Å². The van der Waals surface area contributed by atoms with E-state index in [1.165, 1.54) is 89.6 Å². The molecule has 274 valence electrons. The summed E-state index contributed by atoms with van der Waals surface area (Å²) in [5, 5.41) is 0. The Morgan fingerprint density at radius 2 is 1.20 bits per heavy atom. The molecular formula is C41H62O8. The van der Waals surface area contributed by atoms with Crippen molar-refractivity contribution in [1.82, 2.24) is 0 Å². The standard InChI is InChI=1S/C41H62O8/c1-6-7-31-8-10-32(11-9-31)33-12-14-35(15-13-33)39-26-37(47-23-25-49-41(43)30(3)28-45-5)20-21-38(39)34-16-18-36(19-17-34)46-22-24-48-40(42)29(2)27-44-4/h20-21,26,31-36H,2-3,6-19,22-25,27-28H2,1,4-5H3. The largest absolute Gasteiger partial charge is 0.490 e. The summed E-state index contributed by atoms with van der Waals surface area (Å²) in [5.74, 6) is 3.71. The first kappa shape index (κ1) is 39.1. The fraction of sp³-hybridized carbons (Fsp3) is 0.707. The van der Waals surface area contributed by atoms with Crippen LogP contribution in [0.1, 0.15) is 120 Å². The highest BCUT2D eigenvalue weighted by molar-refractivity contribution is 5.88. The van der Waals surface area contributed by atoms with E-state index in [-0.39, 0.29) is 39.1 Å². The van der Waals surface area contributed by atoms with Gasteiger partial charge in [0, 0.05) is 14.2 Å². The van der Waals surface area contributed by atoms with Gasteiger partial charge in [0.1, 0.15) is 25.6 Å². The number of carbonyl (C=O) groups is 2. The fourth-order valence-electron chi connectivity index (χ4n) is 8.48. The minimum atomic E-state index is -0.453. The molecule has 8 heteroatoms. The van der Waals surface area contributed by atoms with E-state index in [1.807, 2.05) is 0 Å². The molecule has 0 amide bonds. The highest BCUT2D eigenvalue weighted by Crippen LogP contribution is 2.47. The molecule has 0 aliphatic heterocycles. The third kappa shape index (κ3) is 12.3. The molecule has 1 aromatic carbocycles. The van der Waals surface area contributed by atoms with Crippen molar-refractivity contribution in [2.24, 2.45) is 17.8 Å². The van der Waals surface area contributed by atoms with Crippen LogP contribution in [0.5, 0.6) is 5.75 Å². The Balaban J connectivity index is 1.33. The Bertz CT molecular complexity index is 1190. The molecule has 0 atom stereocenters. The van der Waals surface area contributed by atoms with Crippen LogP contribution in [0.4, 0.5) is 0 Å². The Morgan fingerprint density at radius 1 is 0.673 bits per heavy atom. The number of ether oxygens (including phenoxy) is 6. The topological polar surface area (TPSA) is 89.5 Å². The van der Waals surface area contributed by atoms with Crippen molar-refractivity contribution in [3.05, 3.63) is 53.6 Å². The first-order chi connectivity index (χ1) is 23.8. The zero-order chi connectivity index (χ0) is 35.0. The SMILES string of the molecule is C=C(COC)C(=O)OCCOc1ccc(C2CCC(OCCOC(=O)C(=C)COC)CC2)c(C2CCC(C3CCC(CCC)CC3)CC2)c1. The van der Waals surface area contributed by atoms with E-state index in [9.17, 15) is 9.59 Å². The van der Waals surface area contributed by atoms with Crippen molar-refractivity contribution >= 4 is 11.9 Å². The average Bonchev–Trinajstić information content (AvgIpc) is 3.12. The van der Waals surface area contributed by atoms with E-state index in [1.54, 1.807) is 0 Å². The van der Waals surface area contributed by atoms with Crippen LogP contribution in [0.2, 0.25) is 0 Å². The lowest BCUT2D eigenvalue weighted by atomic mass is 9.67. The molecular weight excluding hydrogens is 620 g/mol. The van der Waals surface area contributed by atoms with Crippen LogP contribution in [-0.2, 0) is 33.3 Å². The van der Waals surface area contributed by atoms with Gasteiger partial charge in [-0.2, -0.15) is 0 Å². The van der Waals surface area contributed by atoms with Gasteiger partial charge < -0.3 is 28.4 Å². The summed E-state index contributed by atoms with van der Waals surface area (Å²) in [4.78, 5) is 24.0. The summed E-state index contributed by atoms with van der Waals surface area (Å²) in [5.41, 5.74) is 3.51. The molecule has 3 aliphatic carbocycles. The lowest BCUT2D eigenvalue weighted by molar-refractivity contribution is -0.142. The monoisotopic (exact) mass is 682 g/mol. The number of hydrogen-bond acceptors (Lipinski definition) is 8. The Hall–Kier alpha value is -2.68. The number of benzene rings is 1. The summed E-state index contributed by atoms with van der Waals surface area (Å²) >= 11 is 0. The van der Waals surface area contributed by atoms with Gasteiger partial charge in [0.15, 0.2) is 0 Å². The molecule has 49 heavy (non-hydrogen) atoms. The zero-order valence-electron chi connectivity index (χ0n) is 30.5. The molecule has 0 heterocycles. The molecule has 0 spiro atoms. The van der Waals surface area contributed by atoms with E-state index in [0.717, 1.165) is 49.2 Å². The predicted octanol–water partition coefficient (Wildman–Crippen LogP) is 8.48. The third-order valence-electron chi connectivity index (χ3n) is 11.1. The van der Waals surface area contributed by atoms with E-state index >= 15 is 0 Å². The number of esters is 2. The zero-order valence-corrected chi connectivity index (χ0v) is 30.5. The van der Waals surface area contributed by atoms with Crippen molar-refractivity contribution in [2.45, 2.75) is 115 Å². The molecule has 3 fully saturated rings. The number of rotatable bonds is 19. The second-order valence-electron chi connectivity index (χ2n) is 14.5. The van der Waals surface area contributed by atoms with Crippen LogP contribution in [0, 0.1) is 17.8 Å². The van der Waals surface area contributed by atoms with E-state index in [4.69, 9.17) is 28.4 Å². The van der Waals surface area contributed by atoms with Crippen LogP contribution >= 0.6 is 0 Å². The molecule has 8 nitrogen and oxygen atoms in total. The van der Waals surface area contributed by atoms with Crippen molar-refractivity contribution in [2.75, 3.05) is 53.9 Å². The Kier molecular flexibility index (Phi) is 16.7. The molecule has 0 bridgehead atoms. The lowest BCUT2D eigenvalue weighted by Gasteiger charge is -2.39. The van der Waals surface area contributed by atoms with Crippen molar-refractivity contribution in [3.8, 4) is 5.75 Å². The average molecular weight is 683 g/mol. The highest BCUT2D eigenvalue weighted by Gasteiger charge is 2.33. The maximum absolute atomic E-state index is 12.1. The van der Waals surface area contributed by atoms with Gasteiger partial charge in [0.2, 0.25) is 0 Å². The van der Waals surface area contributed by atoms with Crippen LogP contribution in [0.3, 0.4) is 0 Å². The van der Waals surface area contributed by atoms with Gasteiger partial charge in [-0.25, -0.2) is 9.59 Å². The Morgan fingerprint density at radius 3 is 1.78 bits per heavy atom. The second kappa shape index (κ2) is 20.9. The molecule has 0 radical (unpaired) electrons. The molecule has 0 aromatic heterocycles. The molecule has 0 N–H and O–H groups in total. The molecule has 0 unspecified atom stereocenters. The summed E-state index contributed by atoms with van der Waals surface area (Å²) in [7, 11) is 3.05. The van der Waals surface area contributed by atoms with E-state index in [0.29, 0.717) is 29.6 Å². The van der Waals surface area contributed by atoms with Gasteiger partial charge in [-0.3, -0.25) is 0 Å². The smallest absolute Gasteiger partial charge is 0.335 e.